The molecule has 0 radical (unpaired) electrons. The summed E-state index contributed by atoms with van der Waals surface area (Å²) in [5, 5.41) is 0. The minimum absolute atomic E-state index is 0.0513. The number of hydrogen-bond donors (Lipinski definition) is 1. The van der Waals surface area contributed by atoms with Gasteiger partial charge in [0.1, 0.15) is 5.54 Å². The Morgan fingerprint density at radius 1 is 1.29 bits per heavy atom. The fraction of sp³-hybridized carbons (Fsp3) is 0.909. The van der Waals surface area contributed by atoms with E-state index in [1.165, 1.54) is 0 Å². The molecule has 0 amide bonds. The van der Waals surface area contributed by atoms with Crippen LogP contribution >= 0.6 is 0 Å². The Kier molecular flexibility index (Phi) is 4.59. The van der Waals surface area contributed by atoms with Gasteiger partial charge in [-0.25, -0.2) is 0 Å². The first-order valence-electron chi connectivity index (χ1n) is 5.15. The molecule has 14 heavy (non-hydrogen) atoms. The molecule has 0 saturated carbocycles. The predicted octanol–water partition coefficient (Wildman–Crippen LogP) is 2.09. The molecule has 0 spiro atoms. The van der Waals surface area contributed by atoms with Crippen LogP contribution in [0.2, 0.25) is 0 Å². The summed E-state index contributed by atoms with van der Waals surface area (Å²) in [5.41, 5.74) is 4.77. The highest BCUT2D eigenvalue weighted by Gasteiger charge is 2.26. The van der Waals surface area contributed by atoms with E-state index in [1.807, 2.05) is 0 Å². The van der Waals surface area contributed by atoms with Crippen LogP contribution in [0.1, 0.15) is 47.5 Å². The first-order valence-corrected chi connectivity index (χ1v) is 5.15. The topological polar surface area (TPSA) is 52.3 Å². The second kappa shape index (κ2) is 4.78. The Bertz CT molecular complexity index is 192. The van der Waals surface area contributed by atoms with Crippen LogP contribution in [-0.2, 0) is 9.53 Å². The van der Waals surface area contributed by atoms with E-state index in [0.29, 0.717) is 6.61 Å². The highest BCUT2D eigenvalue weighted by molar-refractivity contribution is 5.79. The van der Waals surface area contributed by atoms with Gasteiger partial charge in [-0.05, 0) is 25.7 Å². The van der Waals surface area contributed by atoms with Crippen molar-refractivity contribution in [3.8, 4) is 0 Å². The van der Waals surface area contributed by atoms with E-state index in [2.05, 4.69) is 20.8 Å². The number of hydrogen-bond acceptors (Lipinski definition) is 3. The van der Waals surface area contributed by atoms with Crippen molar-refractivity contribution in [2.45, 2.75) is 53.0 Å². The molecule has 0 aromatic heterocycles. The number of carbonyl (C=O) groups excluding carboxylic acids is 1. The average molecular weight is 201 g/mol. The second-order valence-corrected chi connectivity index (χ2v) is 5.21. The molecule has 0 aromatic carbocycles. The van der Waals surface area contributed by atoms with Crippen LogP contribution in [0, 0.1) is 5.41 Å². The van der Waals surface area contributed by atoms with E-state index >= 15 is 0 Å². The van der Waals surface area contributed by atoms with E-state index in [9.17, 15) is 4.79 Å². The number of ether oxygens (including phenoxy) is 1. The summed E-state index contributed by atoms with van der Waals surface area (Å²) >= 11 is 0. The Balaban J connectivity index is 4.00. The lowest BCUT2D eigenvalue weighted by atomic mass is 9.89. The van der Waals surface area contributed by atoms with Crippen molar-refractivity contribution in [1.29, 1.82) is 0 Å². The molecule has 0 aromatic rings. The van der Waals surface area contributed by atoms with Crippen molar-refractivity contribution < 1.29 is 9.53 Å². The number of esters is 1. The van der Waals surface area contributed by atoms with Gasteiger partial charge in [0.2, 0.25) is 0 Å². The van der Waals surface area contributed by atoms with E-state index in [0.717, 1.165) is 12.8 Å². The zero-order valence-electron chi connectivity index (χ0n) is 10.0. The fourth-order valence-electron chi connectivity index (χ4n) is 1.20. The minimum atomic E-state index is -0.887. The Morgan fingerprint density at radius 3 is 2.14 bits per heavy atom. The molecule has 0 unspecified atom stereocenters. The number of nitrogens with two attached hydrogens (primary N) is 1. The Labute approximate surface area is 87.0 Å². The zero-order chi connectivity index (χ0) is 11.4. The van der Waals surface area contributed by atoms with Crippen LogP contribution < -0.4 is 5.73 Å². The fourth-order valence-corrected chi connectivity index (χ4v) is 1.20. The molecule has 84 valence electrons. The quantitative estimate of drug-likeness (QED) is 0.693. The van der Waals surface area contributed by atoms with Gasteiger partial charge < -0.3 is 10.5 Å². The van der Waals surface area contributed by atoms with Crippen LogP contribution in [0.4, 0.5) is 0 Å². The van der Waals surface area contributed by atoms with Gasteiger partial charge in [0.25, 0.3) is 0 Å². The molecule has 0 aliphatic heterocycles. The van der Waals surface area contributed by atoms with Crippen molar-refractivity contribution >= 4 is 5.97 Å². The normalized spacial score (nSPS) is 12.7. The maximum absolute atomic E-state index is 11.4. The summed E-state index contributed by atoms with van der Waals surface area (Å²) < 4.78 is 5.16. The van der Waals surface area contributed by atoms with E-state index < -0.39 is 5.54 Å². The Morgan fingerprint density at radius 2 is 1.79 bits per heavy atom. The summed E-state index contributed by atoms with van der Waals surface area (Å²) in [5.74, 6) is -0.332. The van der Waals surface area contributed by atoms with Gasteiger partial charge in [-0.15, -0.1) is 0 Å². The predicted molar refractivity (Wildman–Crippen MR) is 57.9 cm³/mol. The highest BCUT2D eigenvalue weighted by atomic mass is 16.5. The molecule has 2 N–H and O–H groups in total. The number of carbonyl (C=O) groups is 1. The first kappa shape index (κ1) is 13.4. The van der Waals surface area contributed by atoms with Crippen molar-refractivity contribution in [2.24, 2.45) is 11.1 Å². The van der Waals surface area contributed by atoms with Crippen LogP contribution in [0.5, 0.6) is 0 Å². The average Bonchev–Trinajstić information content (AvgIpc) is 1.98. The molecule has 3 heteroatoms. The Hall–Kier alpha value is -0.570. The van der Waals surface area contributed by atoms with Crippen molar-refractivity contribution in [3.63, 3.8) is 0 Å². The first-order chi connectivity index (χ1) is 6.19. The van der Waals surface area contributed by atoms with Gasteiger partial charge in [0.15, 0.2) is 0 Å². The summed E-state index contributed by atoms with van der Waals surface area (Å²) in [6, 6.07) is 0. The van der Waals surface area contributed by atoms with E-state index in [1.54, 1.807) is 13.8 Å². The van der Waals surface area contributed by atoms with Crippen LogP contribution in [0.15, 0.2) is 0 Å². The second-order valence-electron chi connectivity index (χ2n) is 5.21. The lowest BCUT2D eigenvalue weighted by Crippen LogP contribution is -2.43. The molecular weight excluding hydrogens is 178 g/mol. The third-order valence-corrected chi connectivity index (χ3v) is 2.05. The molecule has 0 bridgehead atoms. The van der Waals surface area contributed by atoms with Crippen molar-refractivity contribution in [1.82, 2.24) is 0 Å². The maximum atomic E-state index is 11.4. The smallest absolute Gasteiger partial charge is 0.325 e. The van der Waals surface area contributed by atoms with Gasteiger partial charge in [0.05, 0.1) is 6.61 Å². The lowest BCUT2D eigenvalue weighted by Gasteiger charge is -2.25. The van der Waals surface area contributed by atoms with Gasteiger partial charge in [0, 0.05) is 0 Å². The SMILES string of the molecule is CCCC(C)(C)COC(=O)C(C)(C)N. The lowest BCUT2D eigenvalue weighted by molar-refractivity contribution is -0.152. The summed E-state index contributed by atoms with van der Waals surface area (Å²) in [6.07, 6.45) is 2.14. The van der Waals surface area contributed by atoms with Crippen LogP contribution in [0.25, 0.3) is 0 Å². The molecule has 0 saturated heterocycles. The third kappa shape index (κ3) is 5.22. The van der Waals surface area contributed by atoms with Gasteiger partial charge in [-0.3, -0.25) is 4.79 Å². The molecule has 0 heterocycles. The summed E-state index contributed by atoms with van der Waals surface area (Å²) in [4.78, 5) is 11.4. The maximum Gasteiger partial charge on any atom is 0.325 e. The van der Waals surface area contributed by atoms with Gasteiger partial charge >= 0.3 is 5.97 Å². The van der Waals surface area contributed by atoms with Crippen LogP contribution in [-0.4, -0.2) is 18.1 Å². The molecule has 0 aliphatic rings. The van der Waals surface area contributed by atoms with E-state index in [-0.39, 0.29) is 11.4 Å². The monoisotopic (exact) mass is 201 g/mol. The standard InChI is InChI=1S/C11H23NO2/c1-6-7-10(2,3)8-14-9(13)11(4,5)12/h6-8,12H2,1-5H3. The van der Waals surface area contributed by atoms with E-state index in [4.69, 9.17) is 10.5 Å². The molecule has 0 fully saturated rings. The third-order valence-electron chi connectivity index (χ3n) is 2.05. The van der Waals surface area contributed by atoms with Crippen LogP contribution in [0.3, 0.4) is 0 Å². The van der Waals surface area contributed by atoms with Gasteiger partial charge in [-0.1, -0.05) is 27.2 Å². The van der Waals surface area contributed by atoms with Crippen molar-refractivity contribution in [2.75, 3.05) is 6.61 Å². The summed E-state index contributed by atoms with van der Waals surface area (Å²) in [7, 11) is 0. The van der Waals surface area contributed by atoms with Crippen molar-refractivity contribution in [3.05, 3.63) is 0 Å². The minimum Gasteiger partial charge on any atom is -0.464 e. The molecular formula is C11H23NO2. The molecule has 0 rings (SSSR count). The summed E-state index contributed by atoms with van der Waals surface area (Å²) in [6.45, 7) is 10.1. The highest BCUT2D eigenvalue weighted by Crippen LogP contribution is 2.22. The largest absolute Gasteiger partial charge is 0.464 e. The molecule has 0 atom stereocenters. The zero-order valence-corrected chi connectivity index (χ0v) is 10.0. The van der Waals surface area contributed by atoms with Gasteiger partial charge in [-0.2, -0.15) is 0 Å². The molecule has 3 nitrogen and oxygen atoms in total. The number of rotatable bonds is 5. The molecule has 0 aliphatic carbocycles.